The first-order chi connectivity index (χ1) is 10.4. The Morgan fingerprint density at radius 3 is 2.41 bits per heavy atom. The monoisotopic (exact) mass is 353 g/mol. The fraction of sp³-hybridized carbons (Fsp3) is 0.235. The Hall–Kier alpha value is -1.16. The van der Waals surface area contributed by atoms with Gasteiger partial charge < -0.3 is 5.32 Å². The normalized spacial score (nSPS) is 10.5. The first-order valence-corrected chi connectivity index (χ1v) is 8.75. The topological polar surface area (TPSA) is 29.1 Å². The van der Waals surface area contributed by atoms with Gasteiger partial charge in [0.25, 0.3) is 0 Å². The maximum Gasteiger partial charge on any atom is 0.234 e. The van der Waals surface area contributed by atoms with Crippen LogP contribution in [0.4, 0.5) is 5.69 Å². The number of benzene rings is 2. The van der Waals surface area contributed by atoms with Crippen LogP contribution in [0.3, 0.4) is 0 Å². The zero-order valence-electron chi connectivity index (χ0n) is 12.5. The van der Waals surface area contributed by atoms with Gasteiger partial charge >= 0.3 is 0 Å². The molecule has 0 aliphatic carbocycles. The number of anilines is 1. The lowest BCUT2D eigenvalue weighted by molar-refractivity contribution is -0.113. The lowest BCUT2D eigenvalue weighted by Crippen LogP contribution is -2.14. The average molecular weight is 354 g/mol. The lowest BCUT2D eigenvalue weighted by atomic mass is 10.1. The summed E-state index contributed by atoms with van der Waals surface area (Å²) in [4.78, 5) is 12.0. The summed E-state index contributed by atoms with van der Waals surface area (Å²) in [6, 6.07) is 11.4. The standard InChI is InChI=1S/C17H17Cl2NOS/c1-11-5-12(2)7-15(6-11)20-17(21)10-22-9-13-3-4-14(18)8-16(13)19/h3-8H,9-10H2,1-2H3,(H,20,21). The Kier molecular flexibility index (Phi) is 6.18. The van der Waals surface area contributed by atoms with Gasteiger partial charge in [-0.25, -0.2) is 0 Å². The third kappa shape index (κ3) is 5.24. The summed E-state index contributed by atoms with van der Waals surface area (Å²) in [5.41, 5.74) is 4.09. The maximum absolute atomic E-state index is 12.0. The van der Waals surface area contributed by atoms with Crippen LogP contribution in [0.5, 0.6) is 0 Å². The highest BCUT2D eigenvalue weighted by molar-refractivity contribution is 7.99. The Morgan fingerprint density at radius 1 is 1.09 bits per heavy atom. The van der Waals surface area contributed by atoms with Crippen molar-refractivity contribution < 1.29 is 4.79 Å². The lowest BCUT2D eigenvalue weighted by Gasteiger charge is -2.08. The van der Waals surface area contributed by atoms with Gasteiger partial charge in [-0.2, -0.15) is 0 Å². The number of hydrogen-bond donors (Lipinski definition) is 1. The molecule has 0 saturated heterocycles. The molecule has 0 aromatic heterocycles. The fourth-order valence-electron chi connectivity index (χ4n) is 2.14. The zero-order valence-corrected chi connectivity index (χ0v) is 14.8. The molecule has 22 heavy (non-hydrogen) atoms. The predicted octanol–water partition coefficient (Wildman–Crippen LogP) is 5.48. The van der Waals surface area contributed by atoms with Crippen LogP contribution in [0.25, 0.3) is 0 Å². The van der Waals surface area contributed by atoms with Gasteiger partial charge in [0.15, 0.2) is 0 Å². The quantitative estimate of drug-likeness (QED) is 0.770. The summed E-state index contributed by atoms with van der Waals surface area (Å²) in [6.07, 6.45) is 0. The molecule has 2 rings (SSSR count). The van der Waals surface area contributed by atoms with Crippen molar-refractivity contribution in [1.29, 1.82) is 0 Å². The van der Waals surface area contributed by atoms with Gasteiger partial charge in [0.2, 0.25) is 5.91 Å². The zero-order chi connectivity index (χ0) is 16.1. The summed E-state index contributed by atoms with van der Waals surface area (Å²) < 4.78 is 0. The van der Waals surface area contributed by atoms with E-state index < -0.39 is 0 Å². The second-order valence-electron chi connectivity index (χ2n) is 5.15. The van der Waals surface area contributed by atoms with Crippen molar-refractivity contribution in [3.8, 4) is 0 Å². The predicted molar refractivity (Wildman–Crippen MR) is 97.2 cm³/mol. The van der Waals surface area contributed by atoms with Gasteiger partial charge in [-0.1, -0.05) is 35.3 Å². The molecule has 5 heteroatoms. The molecule has 0 atom stereocenters. The van der Waals surface area contributed by atoms with Gasteiger partial charge in [0.05, 0.1) is 5.75 Å². The van der Waals surface area contributed by atoms with Gasteiger partial charge in [-0.3, -0.25) is 4.79 Å². The third-order valence-corrected chi connectivity index (χ3v) is 4.58. The van der Waals surface area contributed by atoms with Crippen molar-refractivity contribution in [2.45, 2.75) is 19.6 Å². The van der Waals surface area contributed by atoms with E-state index >= 15 is 0 Å². The fourth-order valence-corrected chi connectivity index (χ4v) is 3.52. The Balaban J connectivity index is 1.85. The Morgan fingerprint density at radius 2 is 1.77 bits per heavy atom. The molecule has 2 aromatic rings. The van der Waals surface area contributed by atoms with Gasteiger partial charge in [0.1, 0.15) is 0 Å². The highest BCUT2D eigenvalue weighted by atomic mass is 35.5. The van der Waals surface area contributed by atoms with Crippen molar-refractivity contribution in [3.05, 3.63) is 63.1 Å². The number of carbonyl (C=O) groups excluding carboxylic acids is 1. The highest BCUT2D eigenvalue weighted by Gasteiger charge is 2.06. The van der Waals surface area contributed by atoms with Gasteiger partial charge in [0, 0.05) is 21.5 Å². The SMILES string of the molecule is Cc1cc(C)cc(NC(=O)CSCc2ccc(Cl)cc2Cl)c1. The molecule has 0 aliphatic rings. The largest absolute Gasteiger partial charge is 0.325 e. The Bertz CT molecular complexity index is 668. The summed E-state index contributed by atoms with van der Waals surface area (Å²) in [5, 5.41) is 4.17. The van der Waals surface area contributed by atoms with Gasteiger partial charge in [-0.15, -0.1) is 11.8 Å². The molecular formula is C17H17Cl2NOS. The molecule has 0 unspecified atom stereocenters. The molecule has 0 heterocycles. The van der Waals surface area contributed by atoms with Crippen LogP contribution in [-0.2, 0) is 10.5 Å². The number of hydrogen-bond acceptors (Lipinski definition) is 2. The number of thioether (sulfide) groups is 1. The molecule has 0 saturated carbocycles. The van der Waals surface area contributed by atoms with E-state index in [1.165, 1.54) is 11.8 Å². The van der Waals surface area contributed by atoms with Crippen molar-refractivity contribution in [3.63, 3.8) is 0 Å². The minimum atomic E-state index is -0.0138. The summed E-state index contributed by atoms with van der Waals surface area (Å²) in [5.74, 6) is 1.04. The minimum absolute atomic E-state index is 0.0138. The molecule has 0 spiro atoms. The van der Waals surface area contributed by atoms with Crippen molar-refractivity contribution >= 4 is 46.6 Å². The van der Waals surface area contributed by atoms with Crippen molar-refractivity contribution in [2.24, 2.45) is 0 Å². The molecule has 116 valence electrons. The minimum Gasteiger partial charge on any atom is -0.325 e. The van der Waals surface area contributed by atoms with Crippen LogP contribution < -0.4 is 5.32 Å². The van der Waals surface area contributed by atoms with E-state index in [2.05, 4.69) is 11.4 Å². The molecular weight excluding hydrogens is 337 g/mol. The van der Waals surface area contributed by atoms with Crippen LogP contribution in [0.2, 0.25) is 10.0 Å². The second kappa shape index (κ2) is 7.91. The molecule has 2 aromatic carbocycles. The first kappa shape index (κ1) is 17.2. The third-order valence-electron chi connectivity index (χ3n) is 3.01. The van der Waals surface area contributed by atoms with Crippen LogP contribution in [0.15, 0.2) is 36.4 Å². The van der Waals surface area contributed by atoms with Crippen LogP contribution in [0.1, 0.15) is 16.7 Å². The number of amides is 1. The Labute approximate surface area is 145 Å². The number of carbonyl (C=O) groups is 1. The van der Waals surface area contributed by atoms with Crippen LogP contribution >= 0.6 is 35.0 Å². The summed E-state index contributed by atoms with van der Waals surface area (Å²) in [6.45, 7) is 4.03. The number of nitrogens with one attached hydrogen (secondary N) is 1. The molecule has 0 bridgehead atoms. The molecule has 0 fully saturated rings. The van der Waals surface area contributed by atoms with E-state index in [0.717, 1.165) is 22.4 Å². The van der Waals surface area contributed by atoms with Crippen LogP contribution in [-0.4, -0.2) is 11.7 Å². The van der Waals surface area contributed by atoms with E-state index in [1.54, 1.807) is 12.1 Å². The number of aryl methyl sites for hydroxylation is 2. The van der Waals surface area contributed by atoms with E-state index in [4.69, 9.17) is 23.2 Å². The van der Waals surface area contributed by atoms with E-state index in [0.29, 0.717) is 21.6 Å². The van der Waals surface area contributed by atoms with Crippen molar-refractivity contribution in [2.75, 3.05) is 11.1 Å². The first-order valence-electron chi connectivity index (χ1n) is 6.84. The van der Waals surface area contributed by atoms with Crippen LogP contribution in [0, 0.1) is 13.8 Å². The molecule has 1 N–H and O–H groups in total. The van der Waals surface area contributed by atoms with E-state index in [-0.39, 0.29) is 5.91 Å². The number of halogens is 2. The molecule has 2 nitrogen and oxygen atoms in total. The summed E-state index contributed by atoms with van der Waals surface area (Å²) in [7, 11) is 0. The average Bonchev–Trinajstić information content (AvgIpc) is 2.40. The van der Waals surface area contributed by atoms with E-state index in [9.17, 15) is 4.79 Å². The maximum atomic E-state index is 12.0. The summed E-state index contributed by atoms with van der Waals surface area (Å²) >= 11 is 13.5. The van der Waals surface area contributed by atoms with Gasteiger partial charge in [-0.05, 0) is 54.8 Å². The molecule has 1 amide bonds. The van der Waals surface area contributed by atoms with E-state index in [1.807, 2.05) is 32.0 Å². The molecule has 0 radical (unpaired) electrons. The second-order valence-corrected chi connectivity index (χ2v) is 6.98. The highest BCUT2D eigenvalue weighted by Crippen LogP contribution is 2.24. The smallest absolute Gasteiger partial charge is 0.234 e. The van der Waals surface area contributed by atoms with Crippen molar-refractivity contribution in [1.82, 2.24) is 0 Å². The number of rotatable bonds is 5. The molecule has 0 aliphatic heterocycles.